The van der Waals surface area contributed by atoms with E-state index in [1.165, 1.54) is 0 Å². The Morgan fingerprint density at radius 3 is 2.38 bits per heavy atom. The van der Waals surface area contributed by atoms with E-state index in [-0.39, 0.29) is 0 Å². The van der Waals surface area contributed by atoms with Gasteiger partial charge in [-0.2, -0.15) is 0 Å². The van der Waals surface area contributed by atoms with Crippen LogP contribution in [0.25, 0.3) is 0 Å². The van der Waals surface area contributed by atoms with Gasteiger partial charge in [0.15, 0.2) is 0 Å². The van der Waals surface area contributed by atoms with Crippen molar-refractivity contribution >= 4 is 32.4 Å². The van der Waals surface area contributed by atoms with E-state index < -0.39 is 9.84 Å². The number of hydrogen-bond donors (Lipinski definition) is 0. The van der Waals surface area contributed by atoms with E-state index in [1.807, 2.05) is 0 Å². The van der Waals surface area contributed by atoms with Crippen LogP contribution < -0.4 is 0 Å². The van der Waals surface area contributed by atoms with E-state index in [0.717, 1.165) is 23.8 Å². The van der Waals surface area contributed by atoms with Gasteiger partial charge in [-0.15, -0.1) is 0 Å². The molecule has 0 aromatic carbocycles. The third kappa shape index (κ3) is 3.71. The molecule has 0 aromatic heterocycles. The Hall–Kier alpha value is 0.640. The summed E-state index contributed by atoms with van der Waals surface area (Å²) >= 11 is 2.35. The summed E-state index contributed by atoms with van der Waals surface area (Å²) in [5, 5.41) is 0. The molecule has 5 heteroatoms. The largest absolute Gasteiger partial charge is 0.303 e. The molecule has 1 saturated heterocycles. The maximum absolute atomic E-state index is 11.2. The molecule has 1 heterocycles. The second-order valence-electron chi connectivity index (χ2n) is 3.55. The number of nitrogens with zero attached hydrogens (tertiary/aromatic N) is 1. The fourth-order valence-electron chi connectivity index (χ4n) is 1.63. The van der Waals surface area contributed by atoms with Gasteiger partial charge in [-0.3, -0.25) is 0 Å². The molecule has 0 radical (unpaired) electrons. The van der Waals surface area contributed by atoms with Crippen LogP contribution in [0.1, 0.15) is 12.8 Å². The molecule has 1 fully saturated rings. The first-order valence-corrected chi connectivity index (χ1v) is 7.86. The van der Waals surface area contributed by atoms with E-state index in [2.05, 4.69) is 34.5 Å². The molecule has 0 saturated carbocycles. The smallest absolute Gasteiger partial charge is 0.150 e. The monoisotopic (exact) mass is 317 g/mol. The summed E-state index contributed by atoms with van der Waals surface area (Å²) in [5.74, 6) is 0.756. The molecule has 13 heavy (non-hydrogen) atoms. The van der Waals surface area contributed by atoms with Crippen molar-refractivity contribution in [3.63, 3.8) is 0 Å². The Labute approximate surface area is 93.9 Å². The van der Waals surface area contributed by atoms with E-state index >= 15 is 0 Å². The Balaban J connectivity index is 2.40. The minimum atomic E-state index is -2.69. The van der Waals surface area contributed by atoms with Crippen LogP contribution in [0.2, 0.25) is 0 Å². The number of halogens is 1. The Kier molecular flexibility index (Phi) is 4.44. The number of sulfone groups is 1. The quantitative estimate of drug-likeness (QED) is 0.574. The van der Waals surface area contributed by atoms with Crippen molar-refractivity contribution in [2.24, 2.45) is 0 Å². The van der Waals surface area contributed by atoms with Crippen LogP contribution in [0.3, 0.4) is 0 Å². The highest BCUT2D eigenvalue weighted by Gasteiger charge is 2.25. The highest BCUT2D eigenvalue weighted by molar-refractivity contribution is 14.1. The van der Waals surface area contributed by atoms with Gasteiger partial charge in [0.05, 0.1) is 11.5 Å². The van der Waals surface area contributed by atoms with Crippen molar-refractivity contribution in [1.29, 1.82) is 0 Å². The lowest BCUT2D eigenvalue weighted by atomic mass is 10.1. The van der Waals surface area contributed by atoms with Gasteiger partial charge in [0.1, 0.15) is 9.84 Å². The van der Waals surface area contributed by atoms with E-state index in [9.17, 15) is 8.42 Å². The number of alkyl halides is 1. The zero-order valence-electron chi connectivity index (χ0n) is 7.87. The molecular weight excluding hydrogens is 301 g/mol. The normalized spacial score (nSPS) is 23.6. The summed E-state index contributed by atoms with van der Waals surface area (Å²) in [5.41, 5.74) is 0. The lowest BCUT2D eigenvalue weighted by Gasteiger charge is -2.30. The molecule has 0 unspecified atom stereocenters. The molecule has 0 bridgehead atoms. The van der Waals surface area contributed by atoms with Gasteiger partial charge in [0.25, 0.3) is 0 Å². The average molecular weight is 317 g/mol. The summed E-state index contributed by atoms with van der Waals surface area (Å²) in [6.45, 7) is 1.06. The predicted molar refractivity (Wildman–Crippen MR) is 63.2 cm³/mol. The second-order valence-corrected chi connectivity index (χ2v) is 6.93. The zero-order valence-corrected chi connectivity index (χ0v) is 10.8. The molecule has 1 aliphatic rings. The maximum Gasteiger partial charge on any atom is 0.150 e. The van der Waals surface area contributed by atoms with Gasteiger partial charge in [0, 0.05) is 17.0 Å². The highest BCUT2D eigenvalue weighted by atomic mass is 127. The van der Waals surface area contributed by atoms with Gasteiger partial charge < -0.3 is 4.90 Å². The molecule has 0 aliphatic carbocycles. The highest BCUT2D eigenvalue weighted by Crippen LogP contribution is 2.16. The summed E-state index contributed by atoms with van der Waals surface area (Å²) in [7, 11) is -0.608. The molecular formula is C8H16INO2S. The van der Waals surface area contributed by atoms with Crippen molar-refractivity contribution in [2.45, 2.75) is 18.9 Å². The minimum Gasteiger partial charge on any atom is -0.303 e. The van der Waals surface area contributed by atoms with E-state index in [4.69, 9.17) is 0 Å². The Bertz CT molecular complexity index is 239. The Morgan fingerprint density at radius 1 is 1.38 bits per heavy atom. The fourth-order valence-corrected chi connectivity index (χ4v) is 3.86. The molecule has 1 rings (SSSR count). The maximum atomic E-state index is 11.2. The molecule has 78 valence electrons. The van der Waals surface area contributed by atoms with Crippen LogP contribution in [-0.4, -0.2) is 48.9 Å². The molecule has 1 aliphatic heterocycles. The SMILES string of the molecule is CN(CCI)C1CCS(=O)(=O)CC1. The van der Waals surface area contributed by atoms with Crippen LogP contribution in [0.15, 0.2) is 0 Å². The van der Waals surface area contributed by atoms with Crippen LogP contribution >= 0.6 is 22.6 Å². The molecule has 0 aromatic rings. The van der Waals surface area contributed by atoms with E-state index in [1.54, 1.807) is 0 Å². The topological polar surface area (TPSA) is 37.4 Å². The van der Waals surface area contributed by atoms with Crippen molar-refractivity contribution in [3.8, 4) is 0 Å². The van der Waals surface area contributed by atoms with Gasteiger partial charge in [-0.1, -0.05) is 22.6 Å². The first kappa shape index (κ1) is 11.7. The molecule has 0 amide bonds. The van der Waals surface area contributed by atoms with Crippen LogP contribution in [0.5, 0.6) is 0 Å². The van der Waals surface area contributed by atoms with Gasteiger partial charge in [0.2, 0.25) is 0 Å². The summed E-state index contributed by atoms with van der Waals surface area (Å²) in [6, 6.07) is 0.485. The van der Waals surface area contributed by atoms with Crippen molar-refractivity contribution in [1.82, 2.24) is 4.90 Å². The average Bonchev–Trinajstić information content (AvgIpc) is 2.04. The Morgan fingerprint density at radius 2 is 1.92 bits per heavy atom. The third-order valence-electron chi connectivity index (χ3n) is 2.58. The first-order valence-electron chi connectivity index (χ1n) is 4.52. The van der Waals surface area contributed by atoms with Gasteiger partial charge in [-0.05, 0) is 19.9 Å². The van der Waals surface area contributed by atoms with Gasteiger partial charge >= 0.3 is 0 Å². The molecule has 0 atom stereocenters. The minimum absolute atomic E-state index is 0.378. The third-order valence-corrected chi connectivity index (χ3v) is 4.78. The zero-order chi connectivity index (χ0) is 9.90. The van der Waals surface area contributed by atoms with E-state index in [0.29, 0.717) is 17.5 Å². The van der Waals surface area contributed by atoms with Crippen LogP contribution in [0, 0.1) is 0 Å². The van der Waals surface area contributed by atoms with Crippen LogP contribution in [-0.2, 0) is 9.84 Å². The summed E-state index contributed by atoms with van der Waals surface area (Å²) in [6.07, 6.45) is 1.63. The summed E-state index contributed by atoms with van der Waals surface area (Å²) < 4.78 is 23.4. The number of rotatable bonds is 3. The molecule has 0 spiro atoms. The predicted octanol–water partition coefficient (Wildman–Crippen LogP) is 0.930. The first-order chi connectivity index (χ1) is 6.05. The lowest BCUT2D eigenvalue weighted by molar-refractivity contribution is 0.241. The lowest BCUT2D eigenvalue weighted by Crippen LogP contribution is -2.39. The van der Waals surface area contributed by atoms with Crippen molar-refractivity contribution < 1.29 is 8.42 Å². The number of hydrogen-bond acceptors (Lipinski definition) is 3. The van der Waals surface area contributed by atoms with Crippen molar-refractivity contribution in [2.75, 3.05) is 29.5 Å². The standard InChI is InChI=1S/C8H16INO2S/c1-10(5-4-9)8-2-6-13(11,12)7-3-8/h8H,2-7H2,1H3. The second kappa shape index (κ2) is 4.93. The molecule has 3 nitrogen and oxygen atoms in total. The summed E-state index contributed by atoms with van der Waals surface area (Å²) in [4.78, 5) is 2.28. The van der Waals surface area contributed by atoms with Crippen LogP contribution in [0.4, 0.5) is 0 Å². The van der Waals surface area contributed by atoms with Crippen molar-refractivity contribution in [3.05, 3.63) is 0 Å². The fraction of sp³-hybridized carbons (Fsp3) is 1.00. The van der Waals surface area contributed by atoms with Gasteiger partial charge in [-0.25, -0.2) is 8.42 Å². The molecule has 0 N–H and O–H groups in total.